The van der Waals surface area contributed by atoms with E-state index in [1.54, 1.807) is 29.9 Å². The lowest BCUT2D eigenvalue weighted by atomic mass is 10.1. The van der Waals surface area contributed by atoms with Crippen molar-refractivity contribution in [3.63, 3.8) is 0 Å². The quantitative estimate of drug-likeness (QED) is 0.183. The van der Waals surface area contributed by atoms with Crippen molar-refractivity contribution in [1.29, 1.82) is 0 Å². The van der Waals surface area contributed by atoms with Crippen LogP contribution in [0, 0.1) is 0 Å². The van der Waals surface area contributed by atoms with Crippen LogP contribution >= 0.6 is 15.9 Å². The van der Waals surface area contributed by atoms with Gasteiger partial charge in [-0.1, -0.05) is 57.9 Å². The summed E-state index contributed by atoms with van der Waals surface area (Å²) < 4.78 is 13.7. The van der Waals surface area contributed by atoms with Crippen molar-refractivity contribution in [1.82, 2.24) is 10.4 Å². The predicted octanol–water partition coefficient (Wildman–Crippen LogP) is 3.48. The lowest BCUT2D eigenvalue weighted by molar-refractivity contribution is -0.746. The molecule has 1 unspecified atom stereocenters. The SMILES string of the molecule is CCNC(C(=O)OCC)C(=O)c1ccc[n+](Cc2cc(Br)ccc2OCc2ccccc2)n1. The second-order valence-electron chi connectivity index (χ2n) is 7.22. The Labute approximate surface area is 201 Å². The van der Waals surface area contributed by atoms with E-state index >= 15 is 0 Å². The first-order valence-electron chi connectivity index (χ1n) is 10.8. The van der Waals surface area contributed by atoms with Gasteiger partial charge in [0.1, 0.15) is 12.4 Å². The van der Waals surface area contributed by atoms with Gasteiger partial charge in [-0.25, -0.2) is 4.79 Å². The number of ketones is 1. The van der Waals surface area contributed by atoms with Gasteiger partial charge in [-0.15, -0.1) is 0 Å². The van der Waals surface area contributed by atoms with Gasteiger partial charge in [0.25, 0.3) is 0 Å². The van der Waals surface area contributed by atoms with E-state index in [9.17, 15) is 9.59 Å². The minimum absolute atomic E-state index is 0.179. The number of aromatic nitrogens is 2. The third kappa shape index (κ3) is 6.94. The molecule has 0 fully saturated rings. The van der Waals surface area contributed by atoms with Crippen LogP contribution in [-0.2, 0) is 22.7 Å². The number of carbonyl (C=O) groups excluding carboxylic acids is 2. The number of nitrogens with one attached hydrogen (secondary N) is 1. The molecule has 0 saturated heterocycles. The van der Waals surface area contributed by atoms with Crippen molar-refractivity contribution >= 4 is 27.7 Å². The number of hydrogen-bond donors (Lipinski definition) is 1. The smallest absolute Gasteiger partial charge is 0.331 e. The first kappa shape index (κ1) is 24.5. The van der Waals surface area contributed by atoms with Gasteiger partial charge in [0.2, 0.25) is 12.3 Å². The number of Topliss-reactive ketones (excluding diaryl/α,β-unsaturated/α-hetero) is 1. The highest BCUT2D eigenvalue weighted by atomic mass is 79.9. The van der Waals surface area contributed by atoms with Crippen LogP contribution in [0.2, 0.25) is 0 Å². The number of nitrogens with zero attached hydrogens (tertiary/aromatic N) is 2. The zero-order valence-electron chi connectivity index (χ0n) is 18.7. The highest BCUT2D eigenvalue weighted by molar-refractivity contribution is 9.10. The number of ether oxygens (including phenoxy) is 2. The van der Waals surface area contributed by atoms with Crippen LogP contribution in [0.4, 0.5) is 0 Å². The fourth-order valence-electron chi connectivity index (χ4n) is 3.24. The second kappa shape index (κ2) is 12.2. The summed E-state index contributed by atoms with van der Waals surface area (Å²) in [4.78, 5) is 25.2. The van der Waals surface area contributed by atoms with Crippen molar-refractivity contribution in [3.05, 3.63) is 88.2 Å². The molecule has 1 aromatic heterocycles. The third-order valence-electron chi connectivity index (χ3n) is 4.79. The first-order valence-corrected chi connectivity index (χ1v) is 11.6. The van der Waals surface area contributed by atoms with E-state index in [-0.39, 0.29) is 12.3 Å². The molecular weight excluding hydrogens is 486 g/mol. The molecule has 0 bridgehead atoms. The largest absolute Gasteiger partial charge is 0.488 e. The van der Waals surface area contributed by atoms with Crippen LogP contribution in [0.1, 0.15) is 35.5 Å². The van der Waals surface area contributed by atoms with Crippen molar-refractivity contribution in [2.45, 2.75) is 33.0 Å². The summed E-state index contributed by atoms with van der Waals surface area (Å²) in [5.74, 6) is -0.310. The summed E-state index contributed by atoms with van der Waals surface area (Å²) in [6.45, 7) is 5.00. The molecule has 2 aromatic carbocycles. The van der Waals surface area contributed by atoms with Gasteiger partial charge in [0.15, 0.2) is 17.9 Å². The summed E-state index contributed by atoms with van der Waals surface area (Å²) in [6, 6.07) is 17.9. The molecule has 172 valence electrons. The molecule has 8 heteroatoms. The molecule has 0 aliphatic heterocycles. The summed E-state index contributed by atoms with van der Waals surface area (Å²) in [5, 5.41) is 7.34. The summed E-state index contributed by atoms with van der Waals surface area (Å²) in [7, 11) is 0. The average Bonchev–Trinajstić information content (AvgIpc) is 2.82. The molecule has 1 heterocycles. The highest BCUT2D eigenvalue weighted by Crippen LogP contribution is 2.24. The Kier molecular flexibility index (Phi) is 9.09. The average molecular weight is 513 g/mol. The third-order valence-corrected chi connectivity index (χ3v) is 5.28. The molecule has 0 radical (unpaired) electrons. The van der Waals surface area contributed by atoms with Gasteiger partial charge >= 0.3 is 5.97 Å². The molecule has 1 N–H and O–H groups in total. The fraction of sp³-hybridized carbons (Fsp3) is 0.280. The number of likely N-dealkylation sites (N-methyl/N-ethyl adjacent to an activating group) is 1. The summed E-state index contributed by atoms with van der Waals surface area (Å²) in [6.07, 6.45) is 1.77. The predicted molar refractivity (Wildman–Crippen MR) is 127 cm³/mol. The van der Waals surface area contributed by atoms with Crippen LogP contribution in [0.25, 0.3) is 0 Å². The van der Waals surface area contributed by atoms with Crippen LogP contribution in [0.3, 0.4) is 0 Å². The van der Waals surface area contributed by atoms with Gasteiger partial charge in [-0.05, 0) is 43.3 Å². The molecule has 33 heavy (non-hydrogen) atoms. The van der Waals surface area contributed by atoms with Crippen molar-refractivity contribution < 1.29 is 23.7 Å². The number of carbonyl (C=O) groups is 2. The molecule has 3 aromatic rings. The zero-order valence-corrected chi connectivity index (χ0v) is 20.2. The lowest BCUT2D eigenvalue weighted by Gasteiger charge is -2.14. The molecule has 0 spiro atoms. The normalized spacial score (nSPS) is 11.6. The van der Waals surface area contributed by atoms with E-state index in [0.717, 1.165) is 21.3 Å². The second-order valence-corrected chi connectivity index (χ2v) is 8.14. The highest BCUT2D eigenvalue weighted by Gasteiger charge is 2.30. The van der Waals surface area contributed by atoms with Gasteiger partial charge in [-0.3, -0.25) is 10.1 Å². The van der Waals surface area contributed by atoms with Gasteiger partial charge in [0.05, 0.1) is 12.2 Å². The summed E-state index contributed by atoms with van der Waals surface area (Å²) >= 11 is 3.51. The van der Waals surface area contributed by atoms with Crippen molar-refractivity contribution in [2.24, 2.45) is 0 Å². The Hall–Kier alpha value is -3.10. The maximum absolute atomic E-state index is 13.0. The zero-order chi connectivity index (χ0) is 23.6. The minimum atomic E-state index is -1.09. The Balaban J connectivity index is 1.80. The Morgan fingerprint density at radius 1 is 1.09 bits per heavy atom. The maximum Gasteiger partial charge on any atom is 0.331 e. The molecule has 3 rings (SSSR count). The van der Waals surface area contributed by atoms with E-state index in [0.29, 0.717) is 19.7 Å². The Morgan fingerprint density at radius 3 is 2.61 bits per heavy atom. The van der Waals surface area contributed by atoms with E-state index in [1.165, 1.54) is 0 Å². The maximum atomic E-state index is 13.0. The molecule has 1 atom stereocenters. The van der Waals surface area contributed by atoms with E-state index < -0.39 is 17.8 Å². The van der Waals surface area contributed by atoms with E-state index in [1.807, 2.05) is 55.5 Å². The van der Waals surface area contributed by atoms with Crippen LogP contribution in [-0.4, -0.2) is 36.0 Å². The van der Waals surface area contributed by atoms with Crippen LogP contribution in [0.15, 0.2) is 71.3 Å². The van der Waals surface area contributed by atoms with Crippen LogP contribution in [0.5, 0.6) is 5.75 Å². The molecule has 7 nitrogen and oxygen atoms in total. The number of benzene rings is 2. The Bertz CT molecular complexity index is 1090. The number of hydrogen-bond acceptors (Lipinski definition) is 6. The number of halogens is 1. The summed E-state index contributed by atoms with van der Waals surface area (Å²) in [5.41, 5.74) is 2.15. The lowest BCUT2D eigenvalue weighted by Crippen LogP contribution is -2.47. The van der Waals surface area contributed by atoms with Crippen molar-refractivity contribution in [2.75, 3.05) is 13.2 Å². The number of rotatable bonds is 11. The monoisotopic (exact) mass is 512 g/mol. The molecule has 0 amide bonds. The van der Waals surface area contributed by atoms with Crippen LogP contribution < -0.4 is 14.7 Å². The molecular formula is C25H27BrN3O4+. The minimum Gasteiger partial charge on any atom is -0.488 e. The first-order chi connectivity index (χ1) is 16.0. The van der Waals surface area contributed by atoms with Gasteiger partial charge in [-0.2, -0.15) is 0 Å². The van der Waals surface area contributed by atoms with Gasteiger partial charge in [0, 0.05) is 15.6 Å². The van der Waals surface area contributed by atoms with Gasteiger partial charge < -0.3 is 9.47 Å². The van der Waals surface area contributed by atoms with E-state index in [2.05, 4.69) is 26.3 Å². The standard InChI is InChI=1S/C25H27BrN3O4/c1-3-27-23(25(31)32-4-2)24(30)21-11-8-14-29(28-21)16-19-15-20(26)12-13-22(19)33-17-18-9-6-5-7-10-18/h5-15,23,27H,3-4,16-17H2,1-2H3/q+1. The fourth-order valence-corrected chi connectivity index (χ4v) is 3.65. The molecule has 0 saturated carbocycles. The molecule has 0 aliphatic rings. The number of esters is 1. The molecule has 0 aliphatic carbocycles. The van der Waals surface area contributed by atoms with Crippen molar-refractivity contribution in [3.8, 4) is 5.75 Å². The Morgan fingerprint density at radius 2 is 1.88 bits per heavy atom. The topological polar surface area (TPSA) is 81.4 Å². The van der Waals surface area contributed by atoms with E-state index in [4.69, 9.17) is 9.47 Å².